The molecule has 9 nitrogen and oxygen atoms in total. The van der Waals surface area contributed by atoms with Gasteiger partial charge in [0, 0.05) is 19.2 Å². The van der Waals surface area contributed by atoms with Gasteiger partial charge >= 0.3 is 6.09 Å². The summed E-state index contributed by atoms with van der Waals surface area (Å²) in [5, 5.41) is 21.4. The van der Waals surface area contributed by atoms with Crippen LogP contribution in [0.25, 0.3) is 0 Å². The van der Waals surface area contributed by atoms with Crippen molar-refractivity contribution in [2.75, 3.05) is 18.6 Å². The SMILES string of the molecule is CCOC(=O)N(C)c1cc([N+](=O)[O-])cc([N+](=O)[O-])c1. The first kappa shape index (κ1) is 14.4. The molecule has 0 aliphatic heterocycles. The molecule has 0 aromatic heterocycles. The Kier molecular flexibility index (Phi) is 4.35. The molecule has 0 aliphatic rings. The van der Waals surface area contributed by atoms with Gasteiger partial charge in [0.1, 0.15) is 0 Å². The van der Waals surface area contributed by atoms with Crippen LogP contribution in [0.15, 0.2) is 18.2 Å². The first-order valence-corrected chi connectivity index (χ1v) is 5.21. The molecule has 19 heavy (non-hydrogen) atoms. The van der Waals surface area contributed by atoms with Crippen LogP contribution in [-0.4, -0.2) is 29.6 Å². The second kappa shape index (κ2) is 5.76. The second-order valence-electron chi connectivity index (χ2n) is 3.48. The number of nitrogens with zero attached hydrogens (tertiary/aromatic N) is 3. The maximum absolute atomic E-state index is 11.5. The molecule has 0 saturated carbocycles. The van der Waals surface area contributed by atoms with Crippen LogP contribution in [0.1, 0.15) is 6.92 Å². The van der Waals surface area contributed by atoms with E-state index in [0.717, 1.165) is 23.1 Å². The van der Waals surface area contributed by atoms with E-state index in [-0.39, 0.29) is 12.3 Å². The van der Waals surface area contributed by atoms with Gasteiger partial charge in [-0.3, -0.25) is 25.1 Å². The Hall–Kier alpha value is -2.71. The molecule has 1 rings (SSSR count). The molecule has 0 N–H and O–H groups in total. The minimum atomic E-state index is -0.768. The number of nitro benzene ring substituents is 2. The van der Waals surface area contributed by atoms with E-state index in [1.54, 1.807) is 6.92 Å². The fourth-order valence-electron chi connectivity index (χ4n) is 1.31. The number of nitro groups is 2. The van der Waals surface area contributed by atoms with Gasteiger partial charge in [-0.25, -0.2) is 4.79 Å². The molecule has 0 fully saturated rings. The lowest BCUT2D eigenvalue weighted by molar-refractivity contribution is -0.394. The van der Waals surface area contributed by atoms with E-state index in [4.69, 9.17) is 4.74 Å². The summed E-state index contributed by atoms with van der Waals surface area (Å²) in [7, 11) is 1.31. The highest BCUT2D eigenvalue weighted by molar-refractivity contribution is 5.88. The molecule has 0 atom stereocenters. The van der Waals surface area contributed by atoms with E-state index in [1.165, 1.54) is 7.05 Å². The Morgan fingerprint density at radius 3 is 2.05 bits per heavy atom. The molecule has 0 spiro atoms. The molecule has 0 aliphatic carbocycles. The minimum absolute atomic E-state index is 0.0133. The summed E-state index contributed by atoms with van der Waals surface area (Å²) in [6.45, 7) is 1.72. The number of non-ortho nitro benzene ring substituents is 2. The molecule has 1 aromatic carbocycles. The first-order chi connectivity index (χ1) is 8.86. The van der Waals surface area contributed by atoms with Crippen LogP contribution >= 0.6 is 0 Å². The number of carbonyl (C=O) groups excluding carboxylic acids is 1. The van der Waals surface area contributed by atoms with Crippen LogP contribution in [0.2, 0.25) is 0 Å². The van der Waals surface area contributed by atoms with Crippen molar-refractivity contribution in [2.45, 2.75) is 6.92 Å². The smallest absolute Gasteiger partial charge is 0.414 e. The van der Waals surface area contributed by atoms with E-state index in [0.29, 0.717) is 0 Å². The van der Waals surface area contributed by atoms with Crippen LogP contribution in [0.3, 0.4) is 0 Å². The maximum Gasteiger partial charge on any atom is 0.414 e. The van der Waals surface area contributed by atoms with Crippen molar-refractivity contribution in [1.29, 1.82) is 0 Å². The summed E-state index contributed by atoms with van der Waals surface area (Å²) in [6.07, 6.45) is -0.753. The van der Waals surface area contributed by atoms with Gasteiger partial charge in [0.15, 0.2) is 0 Å². The molecule has 0 bridgehead atoms. The Balaban J connectivity index is 3.23. The summed E-state index contributed by atoms with van der Waals surface area (Å²) in [4.78, 5) is 32.3. The minimum Gasteiger partial charge on any atom is -0.449 e. The van der Waals surface area contributed by atoms with Gasteiger partial charge in [-0.1, -0.05) is 0 Å². The van der Waals surface area contributed by atoms with Crippen molar-refractivity contribution >= 4 is 23.2 Å². The van der Waals surface area contributed by atoms with Crippen molar-refractivity contribution < 1.29 is 19.4 Å². The number of amides is 1. The zero-order chi connectivity index (χ0) is 14.6. The topological polar surface area (TPSA) is 116 Å². The largest absolute Gasteiger partial charge is 0.449 e. The van der Waals surface area contributed by atoms with Gasteiger partial charge in [0.25, 0.3) is 11.4 Å². The Morgan fingerprint density at radius 1 is 1.21 bits per heavy atom. The third-order valence-electron chi connectivity index (χ3n) is 2.24. The lowest BCUT2D eigenvalue weighted by atomic mass is 10.2. The summed E-state index contributed by atoms with van der Waals surface area (Å²) in [6, 6.07) is 2.94. The first-order valence-electron chi connectivity index (χ1n) is 5.21. The van der Waals surface area contributed by atoms with E-state index >= 15 is 0 Å². The van der Waals surface area contributed by atoms with Crippen LogP contribution in [0, 0.1) is 20.2 Å². The quantitative estimate of drug-likeness (QED) is 0.610. The van der Waals surface area contributed by atoms with Gasteiger partial charge in [-0.05, 0) is 6.92 Å². The summed E-state index contributed by atoms with van der Waals surface area (Å²) < 4.78 is 4.71. The number of ether oxygens (including phenoxy) is 1. The maximum atomic E-state index is 11.5. The van der Waals surface area contributed by atoms with E-state index in [1.807, 2.05) is 0 Å². The number of anilines is 1. The average molecular weight is 269 g/mol. The zero-order valence-electron chi connectivity index (χ0n) is 10.2. The number of rotatable bonds is 4. The monoisotopic (exact) mass is 269 g/mol. The summed E-state index contributed by atoms with van der Waals surface area (Å²) >= 11 is 0. The number of carbonyl (C=O) groups is 1. The van der Waals surface area contributed by atoms with E-state index in [2.05, 4.69) is 0 Å². The lowest BCUT2D eigenvalue weighted by Gasteiger charge is -2.15. The molecule has 0 saturated heterocycles. The molecule has 102 valence electrons. The normalized spacial score (nSPS) is 9.79. The Morgan fingerprint density at radius 2 is 1.68 bits per heavy atom. The molecular formula is C10H11N3O6. The van der Waals surface area contributed by atoms with Crippen molar-refractivity contribution in [2.24, 2.45) is 0 Å². The van der Waals surface area contributed by atoms with Gasteiger partial charge in [-0.2, -0.15) is 0 Å². The standard InChI is InChI=1S/C10H11N3O6/c1-3-19-10(14)11(2)7-4-8(12(15)16)6-9(5-7)13(17)18/h4-6H,3H2,1-2H3. The van der Waals surface area contributed by atoms with Gasteiger partial charge in [0.2, 0.25) is 0 Å². The fourth-order valence-corrected chi connectivity index (χ4v) is 1.31. The van der Waals surface area contributed by atoms with E-state index in [9.17, 15) is 25.0 Å². The van der Waals surface area contributed by atoms with Gasteiger partial charge < -0.3 is 4.74 Å². The van der Waals surface area contributed by atoms with Crippen LogP contribution in [-0.2, 0) is 4.74 Å². The van der Waals surface area contributed by atoms with Crippen molar-refractivity contribution in [1.82, 2.24) is 0 Å². The predicted octanol–water partition coefficient (Wildman–Crippen LogP) is 2.10. The number of hydrogen-bond donors (Lipinski definition) is 0. The lowest BCUT2D eigenvalue weighted by Crippen LogP contribution is -2.27. The van der Waals surface area contributed by atoms with Gasteiger partial charge in [-0.15, -0.1) is 0 Å². The van der Waals surface area contributed by atoms with Crippen molar-refractivity contribution in [3.8, 4) is 0 Å². The fraction of sp³-hybridized carbons (Fsp3) is 0.300. The summed E-state index contributed by atoms with van der Waals surface area (Å²) in [5.74, 6) is 0. The van der Waals surface area contributed by atoms with Crippen LogP contribution < -0.4 is 4.90 Å². The highest BCUT2D eigenvalue weighted by atomic mass is 16.6. The Labute approximate surface area is 107 Å². The average Bonchev–Trinajstić information content (AvgIpc) is 2.37. The van der Waals surface area contributed by atoms with Crippen LogP contribution in [0.4, 0.5) is 21.9 Å². The number of hydrogen-bond acceptors (Lipinski definition) is 6. The van der Waals surface area contributed by atoms with E-state index < -0.39 is 27.3 Å². The van der Waals surface area contributed by atoms with Crippen LogP contribution in [0.5, 0.6) is 0 Å². The molecule has 1 amide bonds. The predicted molar refractivity (Wildman–Crippen MR) is 65.2 cm³/mol. The number of benzene rings is 1. The van der Waals surface area contributed by atoms with Gasteiger partial charge in [0.05, 0.1) is 28.2 Å². The summed E-state index contributed by atoms with van der Waals surface area (Å²) in [5.41, 5.74) is -0.931. The molecule has 9 heteroatoms. The highest BCUT2D eigenvalue weighted by Gasteiger charge is 2.21. The van der Waals surface area contributed by atoms with Crippen molar-refractivity contribution in [3.05, 3.63) is 38.4 Å². The Bertz CT molecular complexity index is 498. The molecule has 0 unspecified atom stereocenters. The second-order valence-corrected chi connectivity index (χ2v) is 3.48. The third kappa shape index (κ3) is 3.37. The molecule has 0 heterocycles. The van der Waals surface area contributed by atoms with Crippen molar-refractivity contribution in [3.63, 3.8) is 0 Å². The molecular weight excluding hydrogens is 258 g/mol. The third-order valence-corrected chi connectivity index (χ3v) is 2.24. The molecule has 1 aromatic rings. The zero-order valence-corrected chi connectivity index (χ0v) is 10.2. The molecule has 0 radical (unpaired) electrons. The highest BCUT2D eigenvalue weighted by Crippen LogP contribution is 2.28.